The molecule has 1 aliphatic rings. The molecule has 0 aromatic rings. The summed E-state index contributed by atoms with van der Waals surface area (Å²) in [4.78, 5) is 15.8. The Bertz CT molecular complexity index is 172. The van der Waals surface area contributed by atoms with Gasteiger partial charge in [-0.25, -0.2) is 0 Å². The Morgan fingerprint density at radius 1 is 1.62 bits per heavy atom. The maximum absolute atomic E-state index is 10.7. The van der Waals surface area contributed by atoms with Gasteiger partial charge < -0.3 is 9.94 Å². The third-order valence-corrected chi connectivity index (χ3v) is 2.42. The molecule has 2 atom stereocenters. The first kappa shape index (κ1) is 10.5. The van der Waals surface area contributed by atoms with Crippen LogP contribution in [0.25, 0.3) is 0 Å². The lowest BCUT2D eigenvalue weighted by molar-refractivity contribution is -0.143. The molecule has 4 nitrogen and oxygen atoms in total. The molecule has 4 heteroatoms. The normalized spacial score (nSPS) is 28.7. The fourth-order valence-electron chi connectivity index (χ4n) is 1.72. The summed E-state index contributed by atoms with van der Waals surface area (Å²) in [5.41, 5.74) is 2.89. The first-order valence-electron chi connectivity index (χ1n) is 4.84. The highest BCUT2D eigenvalue weighted by Gasteiger charge is 2.26. The zero-order chi connectivity index (χ0) is 9.68. The molecule has 1 fully saturated rings. The van der Waals surface area contributed by atoms with E-state index in [0.717, 1.165) is 19.3 Å². The van der Waals surface area contributed by atoms with Crippen molar-refractivity contribution in [3.05, 3.63) is 0 Å². The van der Waals surface area contributed by atoms with Gasteiger partial charge in [0.25, 0.3) is 0 Å². The van der Waals surface area contributed by atoms with Crippen LogP contribution in [0.4, 0.5) is 0 Å². The summed E-state index contributed by atoms with van der Waals surface area (Å²) in [6.07, 6.45) is 3.49. The molecule has 1 saturated carbocycles. The first-order valence-corrected chi connectivity index (χ1v) is 4.84. The van der Waals surface area contributed by atoms with Crippen molar-refractivity contribution in [2.75, 3.05) is 6.61 Å². The second kappa shape index (κ2) is 5.19. The highest BCUT2D eigenvalue weighted by atomic mass is 16.6. The molecule has 0 saturated heterocycles. The fourth-order valence-corrected chi connectivity index (χ4v) is 1.72. The van der Waals surface area contributed by atoms with E-state index in [2.05, 4.69) is 5.48 Å². The van der Waals surface area contributed by atoms with Crippen molar-refractivity contribution in [1.29, 1.82) is 0 Å². The molecule has 0 spiro atoms. The van der Waals surface area contributed by atoms with E-state index in [1.165, 1.54) is 0 Å². The van der Waals surface area contributed by atoms with E-state index in [-0.39, 0.29) is 12.0 Å². The van der Waals surface area contributed by atoms with Crippen molar-refractivity contribution in [1.82, 2.24) is 5.48 Å². The first-order chi connectivity index (χ1) is 6.24. The van der Waals surface area contributed by atoms with Gasteiger partial charge in [0.05, 0.1) is 12.5 Å². The van der Waals surface area contributed by atoms with Crippen LogP contribution >= 0.6 is 0 Å². The molecule has 0 aliphatic heterocycles. The van der Waals surface area contributed by atoms with Crippen molar-refractivity contribution in [2.45, 2.75) is 38.6 Å². The largest absolute Gasteiger partial charge is 0.481 e. The lowest BCUT2D eigenvalue weighted by Gasteiger charge is -2.26. The Labute approximate surface area is 78.2 Å². The molecule has 0 bridgehead atoms. The highest BCUT2D eigenvalue weighted by molar-refractivity contribution is 5.70. The number of carboxylic acids is 1. The number of hydrogen-bond acceptors (Lipinski definition) is 3. The van der Waals surface area contributed by atoms with E-state index in [1.807, 2.05) is 6.92 Å². The number of hydroxylamine groups is 1. The minimum absolute atomic E-state index is 0.188. The summed E-state index contributed by atoms with van der Waals surface area (Å²) in [6.45, 7) is 2.53. The van der Waals surface area contributed by atoms with Gasteiger partial charge in [0.15, 0.2) is 0 Å². The van der Waals surface area contributed by atoms with Gasteiger partial charge in [-0.1, -0.05) is 6.42 Å². The van der Waals surface area contributed by atoms with Crippen molar-refractivity contribution in [2.24, 2.45) is 5.92 Å². The maximum atomic E-state index is 10.7. The van der Waals surface area contributed by atoms with Crippen LogP contribution < -0.4 is 5.48 Å². The van der Waals surface area contributed by atoms with Crippen molar-refractivity contribution >= 4 is 5.97 Å². The van der Waals surface area contributed by atoms with Gasteiger partial charge in [0, 0.05) is 6.04 Å². The van der Waals surface area contributed by atoms with Crippen molar-refractivity contribution in [3.63, 3.8) is 0 Å². The zero-order valence-electron chi connectivity index (χ0n) is 7.95. The van der Waals surface area contributed by atoms with Gasteiger partial charge in [0.1, 0.15) is 0 Å². The van der Waals surface area contributed by atoms with Crippen LogP contribution in [0.2, 0.25) is 0 Å². The van der Waals surface area contributed by atoms with E-state index in [0.29, 0.717) is 13.0 Å². The van der Waals surface area contributed by atoms with Gasteiger partial charge in [-0.2, -0.15) is 5.48 Å². The van der Waals surface area contributed by atoms with Gasteiger partial charge in [-0.3, -0.25) is 4.79 Å². The van der Waals surface area contributed by atoms with Crippen molar-refractivity contribution in [3.8, 4) is 0 Å². The summed E-state index contributed by atoms with van der Waals surface area (Å²) in [6, 6.07) is 0.217. The van der Waals surface area contributed by atoms with Crippen LogP contribution in [-0.2, 0) is 9.63 Å². The SMILES string of the molecule is CCONC1CCCC(C(=O)O)C1. The number of rotatable bonds is 4. The van der Waals surface area contributed by atoms with E-state index in [9.17, 15) is 4.79 Å². The Balaban J connectivity index is 2.29. The second-order valence-corrected chi connectivity index (χ2v) is 3.45. The van der Waals surface area contributed by atoms with Crippen LogP contribution in [0.3, 0.4) is 0 Å². The molecular weight excluding hydrogens is 170 g/mol. The molecule has 13 heavy (non-hydrogen) atoms. The van der Waals surface area contributed by atoms with Gasteiger partial charge in [0.2, 0.25) is 0 Å². The Morgan fingerprint density at radius 3 is 3.00 bits per heavy atom. The number of hydrogen-bond donors (Lipinski definition) is 2. The number of aliphatic carboxylic acids is 1. The number of nitrogens with one attached hydrogen (secondary N) is 1. The van der Waals surface area contributed by atoms with Gasteiger partial charge in [-0.15, -0.1) is 0 Å². The quantitative estimate of drug-likeness (QED) is 0.649. The summed E-state index contributed by atoms with van der Waals surface area (Å²) in [5, 5.41) is 8.81. The predicted octanol–water partition coefficient (Wildman–Crippen LogP) is 1.17. The molecule has 0 heterocycles. The average molecular weight is 187 g/mol. The van der Waals surface area contributed by atoms with Crippen LogP contribution in [0, 0.1) is 5.92 Å². The molecule has 0 aromatic carbocycles. The number of carboxylic acid groups (broad SMARTS) is 1. The van der Waals surface area contributed by atoms with E-state index in [1.54, 1.807) is 0 Å². The standard InChI is InChI=1S/C9H17NO3/c1-2-13-10-8-5-3-4-7(6-8)9(11)12/h7-8,10H,2-6H2,1H3,(H,11,12). The Kier molecular flexibility index (Phi) is 4.18. The third kappa shape index (κ3) is 3.32. The molecule has 76 valence electrons. The minimum Gasteiger partial charge on any atom is -0.481 e. The van der Waals surface area contributed by atoms with E-state index >= 15 is 0 Å². The molecule has 2 N–H and O–H groups in total. The Morgan fingerprint density at radius 2 is 2.38 bits per heavy atom. The van der Waals surface area contributed by atoms with Gasteiger partial charge in [-0.05, 0) is 26.2 Å². The summed E-state index contributed by atoms with van der Waals surface area (Å²) in [5.74, 6) is -0.866. The second-order valence-electron chi connectivity index (χ2n) is 3.45. The fraction of sp³-hybridized carbons (Fsp3) is 0.889. The van der Waals surface area contributed by atoms with Crippen LogP contribution in [0.1, 0.15) is 32.6 Å². The molecule has 0 amide bonds. The monoisotopic (exact) mass is 187 g/mol. The van der Waals surface area contributed by atoms with Crippen LogP contribution in [0.5, 0.6) is 0 Å². The van der Waals surface area contributed by atoms with Gasteiger partial charge >= 0.3 is 5.97 Å². The van der Waals surface area contributed by atoms with Crippen LogP contribution in [-0.4, -0.2) is 23.7 Å². The molecule has 1 rings (SSSR count). The van der Waals surface area contributed by atoms with Crippen LogP contribution in [0.15, 0.2) is 0 Å². The summed E-state index contributed by atoms with van der Waals surface area (Å²) >= 11 is 0. The maximum Gasteiger partial charge on any atom is 0.306 e. The summed E-state index contributed by atoms with van der Waals surface area (Å²) in [7, 11) is 0. The smallest absolute Gasteiger partial charge is 0.306 e. The zero-order valence-corrected chi connectivity index (χ0v) is 7.95. The lowest BCUT2D eigenvalue weighted by atomic mass is 9.86. The Hall–Kier alpha value is -0.610. The highest BCUT2D eigenvalue weighted by Crippen LogP contribution is 2.24. The molecule has 0 aromatic heterocycles. The molecule has 0 radical (unpaired) electrons. The predicted molar refractivity (Wildman–Crippen MR) is 48.1 cm³/mol. The van der Waals surface area contributed by atoms with Crippen molar-refractivity contribution < 1.29 is 14.7 Å². The topological polar surface area (TPSA) is 58.6 Å². The minimum atomic E-state index is -0.678. The summed E-state index contributed by atoms with van der Waals surface area (Å²) < 4.78 is 0. The molecular formula is C9H17NO3. The molecule has 1 aliphatic carbocycles. The van der Waals surface area contributed by atoms with E-state index < -0.39 is 5.97 Å². The third-order valence-electron chi connectivity index (χ3n) is 2.42. The molecule has 2 unspecified atom stereocenters. The average Bonchev–Trinajstić information content (AvgIpc) is 2.15. The van der Waals surface area contributed by atoms with E-state index in [4.69, 9.17) is 9.94 Å². The lowest BCUT2D eigenvalue weighted by Crippen LogP contribution is -2.36. The number of carbonyl (C=O) groups is 1.